The third-order valence-electron chi connectivity index (χ3n) is 3.40. The van der Waals surface area contributed by atoms with Gasteiger partial charge in [0.05, 0.1) is 12.7 Å². The lowest BCUT2D eigenvalue weighted by Crippen LogP contribution is -2.29. The lowest BCUT2D eigenvalue weighted by Gasteiger charge is -2.15. The highest BCUT2D eigenvalue weighted by Gasteiger charge is 2.23. The van der Waals surface area contributed by atoms with E-state index in [0.29, 0.717) is 39.0 Å². The van der Waals surface area contributed by atoms with Crippen LogP contribution in [0.15, 0.2) is 24.3 Å². The molecule has 2 rings (SSSR count). The monoisotopic (exact) mass is 263 g/mol. The lowest BCUT2D eigenvalue weighted by molar-refractivity contribution is -0.130. The zero-order valence-corrected chi connectivity index (χ0v) is 11.3. The summed E-state index contributed by atoms with van der Waals surface area (Å²) in [4.78, 5) is 13.6. The molecule has 1 saturated heterocycles. The van der Waals surface area contributed by atoms with Gasteiger partial charge in [0.25, 0.3) is 0 Å². The first-order valence-corrected chi connectivity index (χ1v) is 6.81. The number of benzene rings is 1. The number of aryl methyl sites for hydroxylation is 1. The zero-order chi connectivity index (χ0) is 13.7. The summed E-state index contributed by atoms with van der Waals surface area (Å²) in [7, 11) is 0. The number of rotatable bonds is 5. The largest absolute Gasteiger partial charge is 0.493 e. The molecule has 0 aliphatic carbocycles. The minimum absolute atomic E-state index is 0.116. The molecule has 1 aromatic carbocycles. The van der Waals surface area contributed by atoms with E-state index in [-0.39, 0.29) is 12.0 Å². The second kappa shape index (κ2) is 6.57. The van der Waals surface area contributed by atoms with Gasteiger partial charge in [0.15, 0.2) is 0 Å². The van der Waals surface area contributed by atoms with E-state index in [4.69, 9.17) is 4.74 Å². The molecule has 1 aliphatic rings. The van der Waals surface area contributed by atoms with E-state index in [2.05, 4.69) is 0 Å². The molecular formula is C15H21NO3. The maximum Gasteiger partial charge on any atom is 0.222 e. The minimum atomic E-state index is -0.341. The molecule has 4 nitrogen and oxygen atoms in total. The summed E-state index contributed by atoms with van der Waals surface area (Å²) in [6.07, 6.45) is 1.55. The lowest BCUT2D eigenvalue weighted by atomic mass is 10.2. The molecule has 0 unspecified atom stereocenters. The van der Waals surface area contributed by atoms with Gasteiger partial charge in [-0.15, -0.1) is 0 Å². The van der Waals surface area contributed by atoms with E-state index in [1.54, 1.807) is 4.90 Å². The van der Waals surface area contributed by atoms with Crippen LogP contribution in [0.2, 0.25) is 0 Å². The molecule has 1 aliphatic heterocycles. The second-order valence-corrected chi connectivity index (χ2v) is 5.00. The third kappa shape index (κ3) is 3.96. The van der Waals surface area contributed by atoms with Gasteiger partial charge in [-0.25, -0.2) is 0 Å². The number of carbonyl (C=O) groups is 1. The van der Waals surface area contributed by atoms with Crippen LogP contribution in [0.5, 0.6) is 5.75 Å². The van der Waals surface area contributed by atoms with Crippen LogP contribution in [0.3, 0.4) is 0 Å². The molecule has 1 atom stereocenters. The maximum atomic E-state index is 11.8. The third-order valence-corrected chi connectivity index (χ3v) is 3.40. The van der Waals surface area contributed by atoms with Gasteiger partial charge in [-0.1, -0.05) is 18.2 Å². The number of amides is 1. The average Bonchev–Trinajstić information content (AvgIpc) is 2.83. The van der Waals surface area contributed by atoms with Crippen molar-refractivity contribution in [2.24, 2.45) is 0 Å². The Kier molecular flexibility index (Phi) is 4.80. The predicted octanol–water partition coefficient (Wildman–Crippen LogP) is 1.75. The zero-order valence-electron chi connectivity index (χ0n) is 11.3. The van der Waals surface area contributed by atoms with Gasteiger partial charge in [0, 0.05) is 19.5 Å². The fraction of sp³-hybridized carbons (Fsp3) is 0.533. The predicted molar refractivity (Wildman–Crippen MR) is 73.1 cm³/mol. The van der Waals surface area contributed by atoms with Crippen LogP contribution in [-0.4, -0.2) is 41.7 Å². The number of ether oxygens (including phenoxy) is 1. The molecule has 1 heterocycles. The normalized spacial score (nSPS) is 18.6. The quantitative estimate of drug-likeness (QED) is 0.823. The molecular weight excluding hydrogens is 242 g/mol. The minimum Gasteiger partial charge on any atom is -0.493 e. The summed E-state index contributed by atoms with van der Waals surface area (Å²) in [5.41, 5.74) is 1.11. The molecule has 0 radical (unpaired) electrons. The van der Waals surface area contributed by atoms with Crippen molar-refractivity contribution in [1.29, 1.82) is 0 Å². The molecule has 0 saturated carbocycles. The van der Waals surface area contributed by atoms with Gasteiger partial charge in [-0.2, -0.15) is 0 Å². The van der Waals surface area contributed by atoms with Crippen LogP contribution in [0, 0.1) is 6.92 Å². The van der Waals surface area contributed by atoms with Crippen LogP contribution in [0.4, 0.5) is 0 Å². The molecule has 0 aromatic heterocycles. The molecule has 1 amide bonds. The molecule has 0 bridgehead atoms. The SMILES string of the molecule is Cc1ccccc1OCCCC(=O)N1CC[C@@H](O)C1. The molecule has 4 heteroatoms. The van der Waals surface area contributed by atoms with Crippen molar-refractivity contribution >= 4 is 5.91 Å². The van der Waals surface area contributed by atoms with E-state index in [1.807, 2.05) is 31.2 Å². The van der Waals surface area contributed by atoms with Crippen LogP contribution in [-0.2, 0) is 4.79 Å². The Labute approximate surface area is 114 Å². The summed E-state index contributed by atoms with van der Waals surface area (Å²) < 4.78 is 5.65. The Morgan fingerprint density at radius 1 is 1.47 bits per heavy atom. The Balaban J connectivity index is 1.67. The van der Waals surface area contributed by atoms with E-state index in [1.165, 1.54) is 0 Å². The van der Waals surface area contributed by atoms with Crippen molar-refractivity contribution in [1.82, 2.24) is 4.90 Å². The van der Waals surface area contributed by atoms with Gasteiger partial charge < -0.3 is 14.7 Å². The van der Waals surface area contributed by atoms with Crippen molar-refractivity contribution < 1.29 is 14.6 Å². The first-order valence-electron chi connectivity index (χ1n) is 6.81. The summed E-state index contributed by atoms with van der Waals surface area (Å²) in [5, 5.41) is 9.38. The first kappa shape index (κ1) is 13.9. The second-order valence-electron chi connectivity index (χ2n) is 5.00. The van der Waals surface area contributed by atoms with Crippen LogP contribution >= 0.6 is 0 Å². The number of likely N-dealkylation sites (tertiary alicyclic amines) is 1. The number of β-amino-alcohol motifs (C(OH)–C–C–N with tert-alkyl or cyclic N) is 1. The molecule has 0 spiro atoms. The number of aliphatic hydroxyl groups is 1. The Morgan fingerprint density at radius 2 is 2.26 bits per heavy atom. The van der Waals surface area contributed by atoms with Gasteiger partial charge in [0.2, 0.25) is 5.91 Å². The topological polar surface area (TPSA) is 49.8 Å². The molecule has 1 fully saturated rings. The number of hydrogen-bond acceptors (Lipinski definition) is 3. The van der Waals surface area contributed by atoms with Crippen molar-refractivity contribution in [3.05, 3.63) is 29.8 Å². The van der Waals surface area contributed by atoms with Crippen molar-refractivity contribution in [2.75, 3.05) is 19.7 Å². The highest BCUT2D eigenvalue weighted by molar-refractivity contribution is 5.76. The first-order chi connectivity index (χ1) is 9.16. The summed E-state index contributed by atoms with van der Waals surface area (Å²) in [6.45, 7) is 3.72. The van der Waals surface area contributed by atoms with E-state index >= 15 is 0 Å². The van der Waals surface area contributed by atoms with Gasteiger partial charge in [-0.05, 0) is 31.4 Å². The molecule has 19 heavy (non-hydrogen) atoms. The maximum absolute atomic E-state index is 11.8. The number of aliphatic hydroxyl groups excluding tert-OH is 1. The van der Waals surface area contributed by atoms with Gasteiger partial charge in [0.1, 0.15) is 5.75 Å². The van der Waals surface area contributed by atoms with Gasteiger partial charge >= 0.3 is 0 Å². The van der Waals surface area contributed by atoms with Gasteiger partial charge in [-0.3, -0.25) is 4.79 Å². The number of nitrogens with zero attached hydrogens (tertiary/aromatic N) is 1. The molecule has 1 aromatic rings. The van der Waals surface area contributed by atoms with E-state index < -0.39 is 0 Å². The Hall–Kier alpha value is -1.55. The summed E-state index contributed by atoms with van der Waals surface area (Å²) in [5.74, 6) is 0.997. The highest BCUT2D eigenvalue weighted by atomic mass is 16.5. The number of carbonyl (C=O) groups excluding carboxylic acids is 1. The summed E-state index contributed by atoms with van der Waals surface area (Å²) >= 11 is 0. The fourth-order valence-corrected chi connectivity index (χ4v) is 2.25. The Bertz CT molecular complexity index is 433. The molecule has 104 valence electrons. The Morgan fingerprint density at radius 3 is 2.95 bits per heavy atom. The van der Waals surface area contributed by atoms with Crippen molar-refractivity contribution in [3.8, 4) is 5.75 Å². The summed E-state index contributed by atoms with van der Waals surface area (Å²) in [6, 6.07) is 7.86. The standard InChI is InChI=1S/C15H21NO3/c1-12-5-2-3-6-14(12)19-10-4-7-15(18)16-9-8-13(17)11-16/h2-3,5-6,13,17H,4,7-11H2,1H3/t13-/m1/s1. The number of hydrogen-bond donors (Lipinski definition) is 1. The molecule has 1 N–H and O–H groups in total. The van der Waals surface area contributed by atoms with E-state index in [0.717, 1.165) is 11.3 Å². The number of para-hydroxylation sites is 1. The van der Waals surface area contributed by atoms with Crippen LogP contribution in [0.25, 0.3) is 0 Å². The van der Waals surface area contributed by atoms with E-state index in [9.17, 15) is 9.90 Å². The smallest absolute Gasteiger partial charge is 0.222 e. The van der Waals surface area contributed by atoms with Crippen LogP contribution < -0.4 is 4.74 Å². The fourth-order valence-electron chi connectivity index (χ4n) is 2.25. The average molecular weight is 263 g/mol. The van der Waals surface area contributed by atoms with Crippen molar-refractivity contribution in [3.63, 3.8) is 0 Å². The van der Waals surface area contributed by atoms with Crippen LogP contribution in [0.1, 0.15) is 24.8 Å². The van der Waals surface area contributed by atoms with Crippen molar-refractivity contribution in [2.45, 2.75) is 32.3 Å². The highest BCUT2D eigenvalue weighted by Crippen LogP contribution is 2.17.